The minimum absolute atomic E-state index is 0.0580. The number of carbonyl (C=O) groups excluding carboxylic acids is 2. The third kappa shape index (κ3) is 5.88. The van der Waals surface area contributed by atoms with E-state index in [1.54, 1.807) is 20.3 Å². The molecule has 0 aliphatic carbocycles. The largest absolute Gasteiger partial charge is 0.497 e. The Kier molecular flexibility index (Phi) is 8.46. The van der Waals surface area contributed by atoms with Crippen LogP contribution in [0, 0.1) is 0 Å². The number of likely N-dealkylation sites (N-methyl/N-ethyl adjacent to an activating group) is 1. The van der Waals surface area contributed by atoms with Crippen LogP contribution >= 0.6 is 11.8 Å². The minimum Gasteiger partial charge on any atom is -0.497 e. The fraction of sp³-hybridized carbons (Fsp3) is 0.367. The van der Waals surface area contributed by atoms with E-state index in [0.717, 1.165) is 29.9 Å². The van der Waals surface area contributed by atoms with Crippen LogP contribution < -0.4 is 9.47 Å². The number of allylic oxidation sites excluding steroid dienone is 1. The van der Waals surface area contributed by atoms with Crippen LogP contribution in [0.15, 0.2) is 75.9 Å². The van der Waals surface area contributed by atoms with Gasteiger partial charge in [0.2, 0.25) is 5.91 Å². The first kappa shape index (κ1) is 27.8. The molecule has 1 atom stereocenters. The number of piperazine rings is 1. The smallest absolute Gasteiger partial charge is 0.338 e. The van der Waals surface area contributed by atoms with E-state index in [-0.39, 0.29) is 18.9 Å². The molecule has 40 heavy (non-hydrogen) atoms. The fourth-order valence-electron chi connectivity index (χ4n) is 5.06. The quantitative estimate of drug-likeness (QED) is 0.443. The second kappa shape index (κ2) is 12.2. The third-order valence-electron chi connectivity index (χ3n) is 7.31. The Hall–Kier alpha value is -3.76. The summed E-state index contributed by atoms with van der Waals surface area (Å²) >= 11 is 1.46. The van der Waals surface area contributed by atoms with Gasteiger partial charge in [-0.15, -0.1) is 0 Å². The van der Waals surface area contributed by atoms with Crippen LogP contribution in [-0.4, -0.2) is 79.2 Å². The maximum Gasteiger partial charge on any atom is 0.338 e. The summed E-state index contributed by atoms with van der Waals surface area (Å²) < 4.78 is 16.9. The van der Waals surface area contributed by atoms with Crippen molar-refractivity contribution in [2.45, 2.75) is 26.0 Å². The van der Waals surface area contributed by atoms with Crippen LogP contribution in [0.1, 0.15) is 30.5 Å². The predicted octanol–water partition coefficient (Wildman–Crippen LogP) is 4.19. The lowest BCUT2D eigenvalue weighted by Gasteiger charge is -2.37. The van der Waals surface area contributed by atoms with Crippen molar-refractivity contribution in [2.24, 2.45) is 4.99 Å². The van der Waals surface area contributed by atoms with Crippen molar-refractivity contribution >= 4 is 28.8 Å². The molecule has 0 saturated carbocycles. The van der Waals surface area contributed by atoms with Gasteiger partial charge in [0.25, 0.3) is 0 Å². The summed E-state index contributed by atoms with van der Waals surface area (Å²) in [5.41, 5.74) is 3.44. The van der Waals surface area contributed by atoms with Crippen molar-refractivity contribution < 1.29 is 23.8 Å². The molecule has 0 radical (unpaired) electrons. The Labute approximate surface area is 239 Å². The second-order valence-corrected chi connectivity index (χ2v) is 10.8. The Morgan fingerprint density at radius 1 is 1.00 bits per heavy atom. The van der Waals surface area contributed by atoms with Gasteiger partial charge in [0, 0.05) is 37.9 Å². The molecule has 0 spiro atoms. The number of methoxy groups -OCH3 is 2. The Morgan fingerprint density at radius 3 is 2.33 bits per heavy atom. The molecule has 1 amide bonds. The highest BCUT2D eigenvalue weighted by Crippen LogP contribution is 2.46. The second-order valence-electron chi connectivity index (χ2n) is 9.96. The number of amidine groups is 1. The number of hydrogen-bond acceptors (Lipinski definition) is 9. The van der Waals surface area contributed by atoms with Crippen molar-refractivity contribution in [3.8, 4) is 11.5 Å². The summed E-state index contributed by atoms with van der Waals surface area (Å²) in [5.74, 6) is 0.790. The van der Waals surface area contributed by atoms with E-state index in [4.69, 9.17) is 19.2 Å². The number of rotatable bonds is 8. The molecule has 210 valence electrons. The van der Waals surface area contributed by atoms with Crippen molar-refractivity contribution in [1.29, 1.82) is 0 Å². The third-order valence-corrected chi connectivity index (χ3v) is 8.20. The number of amides is 1. The number of thioether (sulfide) groups is 1. The van der Waals surface area contributed by atoms with E-state index in [0.29, 0.717) is 41.0 Å². The molecule has 3 heterocycles. The van der Waals surface area contributed by atoms with Crippen molar-refractivity contribution in [2.75, 3.05) is 47.4 Å². The van der Waals surface area contributed by atoms with Crippen molar-refractivity contribution in [3.05, 3.63) is 82.0 Å². The van der Waals surface area contributed by atoms with Gasteiger partial charge < -0.3 is 28.9 Å². The first-order chi connectivity index (χ1) is 19.4. The average molecular weight is 563 g/mol. The molecule has 1 saturated heterocycles. The molecule has 0 bridgehead atoms. The van der Waals surface area contributed by atoms with Crippen molar-refractivity contribution in [3.63, 3.8) is 0 Å². The highest BCUT2D eigenvalue weighted by Gasteiger charge is 2.42. The molecule has 0 N–H and O–H groups in total. The number of nitrogens with zero attached hydrogens (tertiary/aromatic N) is 4. The SMILES string of the molecule is COc1cc(OC)cc([C@H]2C(C(=O)OCc3ccccc3)=C(C)N=C3SC=C(CC(=O)N4CCN(C)CC4)N32)c1. The van der Waals surface area contributed by atoms with Crippen LogP contribution in [0.2, 0.25) is 0 Å². The first-order valence-corrected chi connectivity index (χ1v) is 14.1. The molecular weight excluding hydrogens is 528 g/mol. The van der Waals surface area contributed by atoms with Gasteiger partial charge >= 0.3 is 5.97 Å². The lowest BCUT2D eigenvalue weighted by molar-refractivity contribution is -0.141. The van der Waals surface area contributed by atoms with Gasteiger partial charge in [-0.1, -0.05) is 42.1 Å². The number of hydrogen-bond donors (Lipinski definition) is 0. The van der Waals surface area contributed by atoms with E-state index in [9.17, 15) is 9.59 Å². The Balaban J connectivity index is 1.49. The van der Waals surface area contributed by atoms with Gasteiger partial charge in [0.15, 0.2) is 5.17 Å². The van der Waals surface area contributed by atoms with E-state index in [1.165, 1.54) is 11.8 Å². The summed E-state index contributed by atoms with van der Waals surface area (Å²) in [7, 11) is 5.25. The molecule has 2 aromatic rings. The van der Waals surface area contributed by atoms with Gasteiger partial charge in [-0.05, 0) is 42.6 Å². The maximum atomic E-state index is 13.7. The van der Waals surface area contributed by atoms with E-state index in [2.05, 4.69) is 11.9 Å². The number of ether oxygens (including phenoxy) is 3. The van der Waals surface area contributed by atoms with Gasteiger partial charge in [-0.25, -0.2) is 9.79 Å². The standard InChI is InChI=1S/C30H34N4O5S/c1-20-27(29(36)39-18-21-8-6-5-7-9-21)28(22-14-24(37-3)17-25(15-22)38-4)34-23(19-40-30(34)31-20)16-26(35)33-12-10-32(2)11-13-33/h5-9,14-15,17,19,28H,10-13,16,18H2,1-4H3/t28-/m0/s1. The number of fused-ring (bicyclic) bond motifs is 1. The van der Waals surface area contributed by atoms with Crippen LogP contribution in [-0.2, 0) is 20.9 Å². The summed E-state index contributed by atoms with van der Waals surface area (Å²) in [6.07, 6.45) is 0.207. The molecule has 1 fully saturated rings. The van der Waals surface area contributed by atoms with Gasteiger partial charge in [-0.2, -0.15) is 0 Å². The maximum absolute atomic E-state index is 13.7. The van der Waals surface area contributed by atoms with E-state index >= 15 is 0 Å². The summed E-state index contributed by atoms with van der Waals surface area (Å²) in [5, 5.41) is 2.67. The number of aliphatic imine (C=N–C) groups is 1. The lowest BCUT2D eigenvalue weighted by Crippen LogP contribution is -2.47. The molecule has 10 heteroatoms. The molecular formula is C30H34N4O5S. The summed E-state index contributed by atoms with van der Waals surface area (Å²) in [4.78, 5) is 38.0. The van der Waals surface area contributed by atoms with Crippen LogP contribution in [0.3, 0.4) is 0 Å². The zero-order valence-electron chi connectivity index (χ0n) is 23.3. The van der Waals surface area contributed by atoms with Crippen molar-refractivity contribution in [1.82, 2.24) is 14.7 Å². The van der Waals surface area contributed by atoms with Gasteiger partial charge in [0.1, 0.15) is 18.1 Å². The molecule has 9 nitrogen and oxygen atoms in total. The van der Waals surface area contributed by atoms with E-state index < -0.39 is 12.0 Å². The molecule has 0 aromatic heterocycles. The Bertz CT molecular complexity index is 1340. The van der Waals surface area contributed by atoms with Crippen LogP contribution in [0.5, 0.6) is 11.5 Å². The Morgan fingerprint density at radius 2 is 1.68 bits per heavy atom. The zero-order valence-corrected chi connectivity index (χ0v) is 24.1. The normalized spacial score (nSPS) is 19.1. The number of carbonyl (C=O) groups is 2. The monoisotopic (exact) mass is 562 g/mol. The summed E-state index contributed by atoms with van der Waals surface area (Å²) in [6.45, 7) is 5.05. The topological polar surface area (TPSA) is 83.9 Å². The fourth-order valence-corrected chi connectivity index (χ4v) is 6.02. The predicted molar refractivity (Wildman–Crippen MR) is 155 cm³/mol. The van der Waals surface area contributed by atoms with Gasteiger partial charge in [0.05, 0.1) is 38.0 Å². The molecule has 0 unspecified atom stereocenters. The molecule has 3 aliphatic rings. The highest BCUT2D eigenvalue weighted by molar-refractivity contribution is 8.16. The lowest BCUT2D eigenvalue weighted by atomic mass is 9.93. The van der Waals surface area contributed by atoms with Crippen LogP contribution in [0.25, 0.3) is 0 Å². The zero-order chi connectivity index (χ0) is 28.2. The molecule has 2 aromatic carbocycles. The molecule has 5 rings (SSSR count). The minimum atomic E-state index is -0.582. The van der Waals surface area contributed by atoms with E-state index in [1.807, 2.05) is 64.6 Å². The molecule has 3 aliphatic heterocycles. The average Bonchev–Trinajstić information content (AvgIpc) is 3.37. The van der Waals surface area contributed by atoms with Crippen LogP contribution in [0.4, 0.5) is 0 Å². The highest BCUT2D eigenvalue weighted by atomic mass is 32.2. The summed E-state index contributed by atoms with van der Waals surface area (Å²) in [6, 6.07) is 14.5. The van der Waals surface area contributed by atoms with Gasteiger partial charge in [-0.3, -0.25) is 4.79 Å². The number of benzene rings is 2. The first-order valence-electron chi connectivity index (χ1n) is 13.2. The number of esters is 1.